The topological polar surface area (TPSA) is 32.8 Å². The molecule has 2 fully saturated rings. The molecule has 2 unspecified atom stereocenters. The third-order valence-electron chi connectivity index (χ3n) is 5.44. The van der Waals surface area contributed by atoms with Crippen molar-refractivity contribution < 1.29 is 9.53 Å². The van der Waals surface area contributed by atoms with Gasteiger partial charge in [0.15, 0.2) is 0 Å². The smallest absolute Gasteiger partial charge is 0.222 e. The summed E-state index contributed by atoms with van der Waals surface area (Å²) in [4.78, 5) is 17.5. The molecule has 4 heteroatoms. The predicted molar refractivity (Wildman–Crippen MR) is 96.3 cm³/mol. The van der Waals surface area contributed by atoms with Crippen molar-refractivity contribution in [2.24, 2.45) is 5.92 Å². The van der Waals surface area contributed by atoms with Crippen molar-refractivity contribution in [1.82, 2.24) is 9.80 Å². The lowest BCUT2D eigenvalue weighted by Gasteiger charge is -2.26. The lowest BCUT2D eigenvalue weighted by molar-refractivity contribution is -0.132. The number of hydrogen-bond acceptors (Lipinski definition) is 3. The number of amides is 1. The molecule has 1 amide bonds. The molecule has 2 atom stereocenters. The highest BCUT2D eigenvalue weighted by molar-refractivity contribution is 5.76. The fourth-order valence-electron chi connectivity index (χ4n) is 4.18. The Hall–Kier alpha value is -1.55. The van der Waals surface area contributed by atoms with E-state index >= 15 is 0 Å². The predicted octanol–water partition coefficient (Wildman–Crippen LogP) is 2.96. The summed E-state index contributed by atoms with van der Waals surface area (Å²) >= 11 is 0. The Bertz CT molecular complexity index is 560. The van der Waals surface area contributed by atoms with E-state index in [-0.39, 0.29) is 0 Å². The molecule has 4 nitrogen and oxygen atoms in total. The summed E-state index contributed by atoms with van der Waals surface area (Å²) in [7, 11) is 1.71. The number of ether oxygens (including phenoxy) is 1. The van der Waals surface area contributed by atoms with Crippen molar-refractivity contribution in [3.63, 3.8) is 0 Å². The van der Waals surface area contributed by atoms with Crippen molar-refractivity contribution in [2.45, 2.75) is 45.1 Å². The van der Waals surface area contributed by atoms with Crippen LogP contribution in [0.1, 0.15) is 38.2 Å². The SMILES string of the molecule is COc1ccccc1CC(C)CC(=O)N1CCCN2CCCC2C1. The number of carbonyl (C=O) groups excluding carboxylic acids is 1. The summed E-state index contributed by atoms with van der Waals surface area (Å²) in [5.41, 5.74) is 1.19. The average molecular weight is 330 g/mol. The van der Waals surface area contributed by atoms with E-state index in [1.165, 1.54) is 24.9 Å². The molecule has 0 spiro atoms. The monoisotopic (exact) mass is 330 g/mol. The maximum absolute atomic E-state index is 12.8. The van der Waals surface area contributed by atoms with Gasteiger partial charge in [0.2, 0.25) is 5.91 Å². The molecule has 0 aromatic heterocycles. The number of hydrogen-bond donors (Lipinski definition) is 0. The van der Waals surface area contributed by atoms with Gasteiger partial charge in [-0.1, -0.05) is 25.1 Å². The first-order valence-electron chi connectivity index (χ1n) is 9.31. The van der Waals surface area contributed by atoms with E-state index < -0.39 is 0 Å². The van der Waals surface area contributed by atoms with Crippen LogP contribution in [-0.4, -0.2) is 55.0 Å². The Morgan fingerprint density at radius 3 is 2.88 bits per heavy atom. The van der Waals surface area contributed by atoms with Crippen LogP contribution in [0.2, 0.25) is 0 Å². The molecule has 24 heavy (non-hydrogen) atoms. The number of fused-ring (bicyclic) bond motifs is 1. The molecular formula is C20H30N2O2. The zero-order valence-corrected chi connectivity index (χ0v) is 15.0. The van der Waals surface area contributed by atoms with Gasteiger partial charge >= 0.3 is 0 Å². The van der Waals surface area contributed by atoms with Crippen LogP contribution in [0, 0.1) is 5.92 Å². The molecule has 1 aromatic rings. The molecule has 0 N–H and O–H groups in total. The van der Waals surface area contributed by atoms with Gasteiger partial charge in [0.25, 0.3) is 0 Å². The molecule has 2 aliphatic rings. The van der Waals surface area contributed by atoms with Gasteiger partial charge < -0.3 is 9.64 Å². The van der Waals surface area contributed by atoms with Gasteiger partial charge in [0, 0.05) is 32.1 Å². The van der Waals surface area contributed by atoms with E-state index in [0.717, 1.165) is 38.2 Å². The standard InChI is InChI=1S/C20H30N2O2/c1-16(13-17-7-3-4-9-19(17)24-2)14-20(23)22-12-6-11-21-10-5-8-18(21)15-22/h3-4,7,9,16,18H,5-6,8,10-15H2,1-2H3. The van der Waals surface area contributed by atoms with Crippen LogP contribution in [0.3, 0.4) is 0 Å². The molecule has 0 saturated carbocycles. The molecule has 0 bridgehead atoms. The molecule has 2 saturated heterocycles. The fourth-order valence-corrected chi connectivity index (χ4v) is 4.18. The van der Waals surface area contributed by atoms with E-state index in [0.29, 0.717) is 24.3 Å². The van der Waals surface area contributed by atoms with Crippen molar-refractivity contribution in [1.29, 1.82) is 0 Å². The summed E-state index contributed by atoms with van der Waals surface area (Å²) in [6.07, 6.45) is 5.17. The summed E-state index contributed by atoms with van der Waals surface area (Å²) in [5, 5.41) is 0. The highest BCUT2D eigenvalue weighted by Crippen LogP contribution is 2.24. The van der Waals surface area contributed by atoms with Crippen LogP contribution in [0.4, 0.5) is 0 Å². The van der Waals surface area contributed by atoms with Gasteiger partial charge in [-0.2, -0.15) is 0 Å². The maximum Gasteiger partial charge on any atom is 0.222 e. The Morgan fingerprint density at radius 1 is 1.25 bits per heavy atom. The molecule has 0 aliphatic carbocycles. The first-order valence-corrected chi connectivity index (χ1v) is 9.31. The third kappa shape index (κ3) is 4.10. The highest BCUT2D eigenvalue weighted by atomic mass is 16.5. The van der Waals surface area contributed by atoms with Gasteiger partial charge in [-0.3, -0.25) is 9.69 Å². The van der Waals surface area contributed by atoms with Gasteiger partial charge in [-0.25, -0.2) is 0 Å². The van der Waals surface area contributed by atoms with Gasteiger partial charge in [0.05, 0.1) is 7.11 Å². The molecule has 2 aliphatic heterocycles. The highest BCUT2D eigenvalue weighted by Gasteiger charge is 2.30. The largest absolute Gasteiger partial charge is 0.496 e. The summed E-state index contributed by atoms with van der Waals surface area (Å²) in [5.74, 6) is 1.58. The number of methoxy groups -OCH3 is 1. The van der Waals surface area contributed by atoms with Crippen LogP contribution in [0.25, 0.3) is 0 Å². The van der Waals surface area contributed by atoms with E-state index in [1.54, 1.807) is 7.11 Å². The number of nitrogens with zero attached hydrogens (tertiary/aromatic N) is 2. The summed E-state index contributed by atoms with van der Waals surface area (Å²) in [6, 6.07) is 8.72. The second-order valence-electron chi connectivity index (χ2n) is 7.35. The quantitative estimate of drug-likeness (QED) is 0.832. The van der Waals surface area contributed by atoms with Gasteiger partial charge in [-0.05, 0) is 49.8 Å². The summed E-state index contributed by atoms with van der Waals surface area (Å²) < 4.78 is 5.43. The zero-order valence-electron chi connectivity index (χ0n) is 15.0. The first kappa shape index (κ1) is 17.3. The van der Waals surface area contributed by atoms with E-state index in [9.17, 15) is 4.79 Å². The van der Waals surface area contributed by atoms with E-state index in [2.05, 4.69) is 22.8 Å². The zero-order chi connectivity index (χ0) is 16.9. The number of benzene rings is 1. The number of para-hydroxylation sites is 1. The minimum absolute atomic E-state index is 0.325. The maximum atomic E-state index is 12.8. The van der Waals surface area contributed by atoms with Crippen molar-refractivity contribution >= 4 is 5.91 Å². The van der Waals surface area contributed by atoms with Crippen molar-refractivity contribution in [2.75, 3.05) is 33.3 Å². The Labute approximate surface area is 145 Å². The van der Waals surface area contributed by atoms with E-state index in [4.69, 9.17) is 4.74 Å². The fraction of sp³-hybridized carbons (Fsp3) is 0.650. The third-order valence-corrected chi connectivity index (χ3v) is 5.44. The number of rotatable bonds is 5. The Morgan fingerprint density at radius 2 is 2.04 bits per heavy atom. The van der Waals surface area contributed by atoms with E-state index in [1.807, 2.05) is 18.2 Å². The minimum atomic E-state index is 0.325. The molecule has 2 heterocycles. The Balaban J connectivity index is 1.55. The minimum Gasteiger partial charge on any atom is -0.496 e. The van der Waals surface area contributed by atoms with Crippen LogP contribution < -0.4 is 4.74 Å². The van der Waals surface area contributed by atoms with Crippen LogP contribution in [0.5, 0.6) is 5.75 Å². The van der Waals surface area contributed by atoms with Gasteiger partial charge in [-0.15, -0.1) is 0 Å². The van der Waals surface area contributed by atoms with Crippen LogP contribution in [-0.2, 0) is 11.2 Å². The Kier molecular flexibility index (Phi) is 5.77. The normalized spacial score (nSPS) is 22.8. The molecule has 3 rings (SSSR count). The second kappa shape index (κ2) is 8.02. The van der Waals surface area contributed by atoms with Crippen LogP contribution >= 0.6 is 0 Å². The average Bonchev–Trinajstić information content (AvgIpc) is 2.92. The summed E-state index contributed by atoms with van der Waals surface area (Å²) in [6.45, 7) is 6.40. The molecular weight excluding hydrogens is 300 g/mol. The van der Waals surface area contributed by atoms with Crippen molar-refractivity contribution in [3.05, 3.63) is 29.8 Å². The molecule has 132 valence electrons. The lowest BCUT2D eigenvalue weighted by atomic mass is 9.96. The van der Waals surface area contributed by atoms with Crippen molar-refractivity contribution in [3.8, 4) is 5.75 Å². The molecule has 0 radical (unpaired) electrons. The lowest BCUT2D eigenvalue weighted by Crippen LogP contribution is -2.40. The van der Waals surface area contributed by atoms with Crippen LogP contribution in [0.15, 0.2) is 24.3 Å². The first-order chi connectivity index (χ1) is 11.7. The number of carbonyl (C=O) groups is 1. The molecule has 1 aromatic carbocycles. The van der Waals surface area contributed by atoms with Gasteiger partial charge in [0.1, 0.15) is 5.75 Å². The second-order valence-corrected chi connectivity index (χ2v) is 7.35.